The van der Waals surface area contributed by atoms with E-state index in [0.717, 1.165) is 36.4 Å². The Hall–Kier alpha value is -5.38. The predicted octanol–water partition coefficient (Wildman–Crippen LogP) is 1.81. The number of hydrogen-bond acceptors (Lipinski definition) is 6. The van der Waals surface area contributed by atoms with Gasteiger partial charge in [-0.2, -0.15) is 0 Å². The van der Waals surface area contributed by atoms with Gasteiger partial charge in [-0.25, -0.2) is 19.6 Å². The van der Waals surface area contributed by atoms with Gasteiger partial charge in [-0.3, -0.25) is 0 Å². The van der Waals surface area contributed by atoms with Crippen molar-refractivity contribution in [3.8, 4) is 23.0 Å². The van der Waals surface area contributed by atoms with E-state index in [-0.39, 0.29) is 11.5 Å². The van der Waals surface area contributed by atoms with Crippen LogP contribution < -0.4 is 20.2 Å². The highest BCUT2D eigenvalue weighted by molar-refractivity contribution is 5.91. The van der Waals surface area contributed by atoms with E-state index in [0.29, 0.717) is 0 Å². The summed E-state index contributed by atoms with van der Waals surface area (Å²) in [6.45, 7) is 0. The number of carboxylic acid groups (broad SMARTS) is 2. The predicted molar refractivity (Wildman–Crippen MR) is 124 cm³/mol. The lowest BCUT2D eigenvalue weighted by molar-refractivity contribution is -0.378. The number of phenolic OH excluding ortho intramolecular Hbond substituents is 2. The van der Waals surface area contributed by atoms with Crippen LogP contribution in [0.3, 0.4) is 0 Å². The summed E-state index contributed by atoms with van der Waals surface area (Å²) in [7, 11) is 0. The largest absolute Gasteiger partial charge is 0.872 e. The summed E-state index contributed by atoms with van der Waals surface area (Å²) in [5.41, 5.74) is 1.56. The molecule has 0 atom stereocenters. The molecule has 0 aliphatic heterocycles. The number of H-pyrrole nitrogens is 2. The van der Waals surface area contributed by atoms with E-state index in [1.54, 1.807) is 0 Å². The number of benzene rings is 2. The summed E-state index contributed by atoms with van der Waals surface area (Å²) < 4.78 is 0. The highest BCUT2D eigenvalue weighted by atomic mass is 16.4. The molecule has 0 bridgehead atoms. The minimum atomic E-state index is -1.33. The fraction of sp³-hybridized carbons (Fsp3) is 0. The van der Waals surface area contributed by atoms with Crippen molar-refractivity contribution in [3.63, 3.8) is 0 Å². The van der Waals surface area contributed by atoms with Crippen LogP contribution in [0.4, 0.5) is 0 Å². The van der Waals surface area contributed by atoms with Crippen molar-refractivity contribution in [1.82, 2.24) is 0 Å². The number of aromatic hydroxyl groups is 2. The lowest BCUT2D eigenvalue weighted by Crippen LogP contribution is -2.02. The van der Waals surface area contributed by atoms with Crippen LogP contribution in [0.25, 0.3) is 12.2 Å². The monoisotopic (exact) mass is 490 g/mol. The molecule has 36 heavy (non-hydrogen) atoms. The molecule has 10 heteroatoms. The van der Waals surface area contributed by atoms with Crippen LogP contribution in [-0.4, -0.2) is 32.4 Å². The first-order valence-corrected chi connectivity index (χ1v) is 10.2. The maximum absolute atomic E-state index is 10.7. The van der Waals surface area contributed by atoms with E-state index in [2.05, 4.69) is 22.1 Å². The Labute approximate surface area is 205 Å². The molecule has 4 aromatic rings. The molecule has 0 fully saturated rings. The number of phenols is 2. The van der Waals surface area contributed by atoms with E-state index in [1.807, 2.05) is 49.1 Å². The molecule has 0 unspecified atom stereocenters. The van der Waals surface area contributed by atoms with Gasteiger partial charge in [-0.1, -0.05) is 35.8 Å². The first-order chi connectivity index (χ1) is 17.2. The molecule has 0 aliphatic carbocycles. The first kappa shape index (κ1) is 26.9. The molecule has 0 aliphatic rings. The number of carboxylic acids is 2. The van der Waals surface area contributed by atoms with Crippen LogP contribution in [-0.2, 0) is 0 Å². The van der Waals surface area contributed by atoms with Gasteiger partial charge in [0.15, 0.2) is 24.8 Å². The van der Waals surface area contributed by atoms with E-state index in [9.17, 15) is 19.8 Å². The molecular weight excluding hydrogens is 468 g/mol. The van der Waals surface area contributed by atoms with Gasteiger partial charge in [0.1, 0.15) is 11.5 Å². The summed E-state index contributed by atoms with van der Waals surface area (Å²) in [6, 6.07) is 14.3. The molecular formula is C26H22N2O8. The van der Waals surface area contributed by atoms with Crippen molar-refractivity contribution in [2.75, 3.05) is 0 Å². The third kappa shape index (κ3) is 8.87. The zero-order valence-electron chi connectivity index (χ0n) is 18.7. The smallest absolute Gasteiger partial charge is 0.335 e. The number of aromatic amines is 2. The molecule has 6 N–H and O–H groups in total. The van der Waals surface area contributed by atoms with Crippen molar-refractivity contribution in [3.05, 3.63) is 108 Å². The molecule has 4 rings (SSSR count). The van der Waals surface area contributed by atoms with Crippen LogP contribution >= 0.6 is 0 Å². The molecule has 0 spiro atoms. The molecule has 10 nitrogen and oxygen atoms in total. The SMILES string of the molecule is C(=C\c1cc[nH+]cc1)/c1cc[nH+]cc1.O=C(O)c1cc(O)ccc1[O-].O=C(O)c1cc(O)ccc1[O-]. The van der Waals surface area contributed by atoms with Crippen molar-refractivity contribution < 1.29 is 50.2 Å². The normalized spacial score (nSPS) is 9.89. The molecule has 0 amide bonds. The second-order valence-electron chi connectivity index (χ2n) is 6.97. The Morgan fingerprint density at radius 3 is 1.22 bits per heavy atom. The number of carbonyl (C=O) groups is 2. The van der Waals surface area contributed by atoms with Crippen LogP contribution in [0.15, 0.2) is 85.5 Å². The van der Waals surface area contributed by atoms with Gasteiger partial charge in [0.2, 0.25) is 0 Å². The fourth-order valence-corrected chi connectivity index (χ4v) is 2.58. The summed E-state index contributed by atoms with van der Waals surface area (Å²) in [4.78, 5) is 26.5. The van der Waals surface area contributed by atoms with Crippen molar-refractivity contribution in [1.29, 1.82) is 0 Å². The average Bonchev–Trinajstić information content (AvgIpc) is 2.87. The summed E-state index contributed by atoms with van der Waals surface area (Å²) in [5.74, 6) is -4.30. The molecule has 0 radical (unpaired) electrons. The van der Waals surface area contributed by atoms with E-state index in [4.69, 9.17) is 20.4 Å². The lowest BCUT2D eigenvalue weighted by atomic mass is 10.2. The number of aromatic nitrogens is 2. The number of aromatic carboxylic acids is 2. The third-order valence-electron chi connectivity index (χ3n) is 4.34. The summed E-state index contributed by atoms with van der Waals surface area (Å²) in [5, 5.41) is 55.8. The Morgan fingerprint density at radius 2 is 0.944 bits per heavy atom. The van der Waals surface area contributed by atoms with Gasteiger partial charge in [0, 0.05) is 24.3 Å². The van der Waals surface area contributed by atoms with E-state index in [1.165, 1.54) is 11.1 Å². The Kier molecular flexibility index (Phi) is 9.97. The minimum Gasteiger partial charge on any atom is -0.872 e. The van der Waals surface area contributed by atoms with Crippen LogP contribution in [0, 0.1) is 0 Å². The first-order valence-electron chi connectivity index (χ1n) is 10.2. The second-order valence-corrected chi connectivity index (χ2v) is 6.97. The minimum absolute atomic E-state index is 0.220. The van der Waals surface area contributed by atoms with Crippen molar-refractivity contribution in [2.24, 2.45) is 0 Å². The zero-order chi connectivity index (χ0) is 26.5. The molecule has 184 valence electrons. The van der Waals surface area contributed by atoms with Crippen LogP contribution in [0.1, 0.15) is 31.8 Å². The summed E-state index contributed by atoms with van der Waals surface area (Å²) in [6.07, 6.45) is 11.8. The zero-order valence-corrected chi connectivity index (χ0v) is 18.7. The van der Waals surface area contributed by atoms with E-state index >= 15 is 0 Å². The topological polar surface area (TPSA) is 189 Å². The molecule has 2 heterocycles. The maximum atomic E-state index is 10.7. The summed E-state index contributed by atoms with van der Waals surface area (Å²) >= 11 is 0. The van der Waals surface area contributed by atoms with Gasteiger partial charge >= 0.3 is 11.9 Å². The Balaban J connectivity index is 0.000000193. The van der Waals surface area contributed by atoms with Crippen LogP contribution in [0.2, 0.25) is 0 Å². The molecule has 2 aromatic heterocycles. The lowest BCUT2D eigenvalue weighted by Gasteiger charge is -2.08. The maximum Gasteiger partial charge on any atom is 0.335 e. The number of hydrogen-bond donors (Lipinski definition) is 4. The highest BCUT2D eigenvalue weighted by Crippen LogP contribution is 2.20. The van der Waals surface area contributed by atoms with Crippen molar-refractivity contribution in [2.45, 2.75) is 0 Å². The van der Waals surface area contributed by atoms with Gasteiger partial charge in [0.05, 0.1) is 11.1 Å². The quantitative estimate of drug-likeness (QED) is 0.333. The standard InChI is InChI=1S/C12H10N2.2C7H6O4/c1(11-3-7-13-8-4-11)2-12-5-9-14-10-6-12;2*8-4-1-2-6(9)5(3-4)7(10)11/h1-10H;2*1-3,8-9H,(H,10,11)/b2-1+;;. The van der Waals surface area contributed by atoms with Gasteiger partial charge < -0.3 is 30.6 Å². The average molecular weight is 490 g/mol. The Morgan fingerprint density at radius 1 is 0.611 bits per heavy atom. The third-order valence-corrected chi connectivity index (χ3v) is 4.34. The fourth-order valence-electron chi connectivity index (χ4n) is 2.58. The number of rotatable bonds is 4. The number of pyridine rings is 2. The highest BCUT2D eigenvalue weighted by Gasteiger charge is 2.04. The van der Waals surface area contributed by atoms with Gasteiger partial charge in [-0.15, -0.1) is 0 Å². The van der Waals surface area contributed by atoms with Crippen molar-refractivity contribution >= 4 is 24.1 Å². The molecule has 2 aromatic carbocycles. The van der Waals surface area contributed by atoms with E-state index < -0.39 is 34.6 Å². The van der Waals surface area contributed by atoms with Crippen LogP contribution in [0.5, 0.6) is 23.0 Å². The number of nitrogens with one attached hydrogen (secondary N) is 2. The second kappa shape index (κ2) is 13.4. The molecule has 0 saturated heterocycles. The van der Waals surface area contributed by atoms with Gasteiger partial charge in [-0.05, 0) is 35.4 Å². The van der Waals surface area contributed by atoms with Gasteiger partial charge in [0.25, 0.3) is 0 Å². The Bertz CT molecular complexity index is 1220. The molecule has 0 saturated carbocycles.